The molecule has 2 nitrogen and oxygen atoms in total. The second kappa shape index (κ2) is 4.25. The fourth-order valence-corrected chi connectivity index (χ4v) is 2.45. The van der Waals surface area contributed by atoms with Gasteiger partial charge in [0.15, 0.2) is 0 Å². The number of aromatic nitrogens is 1. The summed E-state index contributed by atoms with van der Waals surface area (Å²) in [7, 11) is 0. The first-order chi connectivity index (χ1) is 9.22. The van der Waals surface area contributed by atoms with E-state index >= 15 is 0 Å². The van der Waals surface area contributed by atoms with Gasteiger partial charge in [0.05, 0.1) is 0 Å². The van der Waals surface area contributed by atoms with E-state index in [-0.39, 0.29) is 5.82 Å². The Bertz CT molecular complexity index is 792. The monoisotopic (exact) mass is 250 g/mol. The van der Waals surface area contributed by atoms with Crippen LogP contribution in [-0.4, -0.2) is 4.40 Å². The molecule has 0 saturated carbocycles. The van der Waals surface area contributed by atoms with Crippen LogP contribution in [0, 0.1) is 24.1 Å². The maximum absolute atomic E-state index is 13.0. The number of aryl methyl sites for hydroxylation is 1. The molecular formula is C16H11FN2. The first kappa shape index (κ1) is 11.5. The summed E-state index contributed by atoms with van der Waals surface area (Å²) in [5.41, 5.74) is 4.34. The summed E-state index contributed by atoms with van der Waals surface area (Å²) in [5.74, 6) is -0.274. The highest BCUT2D eigenvalue weighted by Gasteiger charge is 2.16. The third kappa shape index (κ3) is 1.69. The number of hydrogen-bond acceptors (Lipinski definition) is 1. The van der Waals surface area contributed by atoms with Crippen LogP contribution < -0.4 is 0 Å². The molecule has 3 rings (SSSR count). The average Bonchev–Trinajstić information content (AvgIpc) is 2.73. The van der Waals surface area contributed by atoms with Crippen LogP contribution >= 0.6 is 0 Å². The molecule has 0 amide bonds. The van der Waals surface area contributed by atoms with E-state index < -0.39 is 0 Å². The first-order valence-corrected chi connectivity index (χ1v) is 5.98. The van der Waals surface area contributed by atoms with E-state index in [4.69, 9.17) is 0 Å². The third-order valence-corrected chi connectivity index (χ3v) is 3.34. The van der Waals surface area contributed by atoms with E-state index in [1.807, 2.05) is 35.7 Å². The van der Waals surface area contributed by atoms with Gasteiger partial charge in [-0.15, -0.1) is 0 Å². The molecule has 0 aliphatic carbocycles. The van der Waals surface area contributed by atoms with Gasteiger partial charge in [-0.25, -0.2) is 4.39 Å². The Balaban J connectivity index is 2.38. The molecule has 0 fully saturated rings. The molecule has 0 unspecified atom stereocenters. The van der Waals surface area contributed by atoms with E-state index in [1.165, 1.54) is 12.1 Å². The van der Waals surface area contributed by atoms with Gasteiger partial charge in [0.2, 0.25) is 0 Å². The van der Waals surface area contributed by atoms with Crippen molar-refractivity contribution in [2.24, 2.45) is 0 Å². The van der Waals surface area contributed by atoms with E-state index in [0.29, 0.717) is 5.69 Å². The molecule has 2 heterocycles. The van der Waals surface area contributed by atoms with Crippen LogP contribution in [-0.2, 0) is 0 Å². The van der Waals surface area contributed by atoms with Gasteiger partial charge in [0.1, 0.15) is 17.6 Å². The number of benzene rings is 1. The summed E-state index contributed by atoms with van der Waals surface area (Å²) in [5, 5.41) is 9.40. The quantitative estimate of drug-likeness (QED) is 0.643. The van der Waals surface area contributed by atoms with Crippen molar-refractivity contribution in [1.82, 2.24) is 4.40 Å². The minimum Gasteiger partial charge on any atom is -0.307 e. The zero-order valence-corrected chi connectivity index (χ0v) is 10.4. The van der Waals surface area contributed by atoms with Crippen LogP contribution in [0.25, 0.3) is 16.6 Å². The molecule has 0 spiro atoms. The molecule has 0 aliphatic rings. The summed E-state index contributed by atoms with van der Waals surface area (Å²) in [6.07, 6.45) is 1.87. The maximum atomic E-state index is 13.0. The normalized spacial score (nSPS) is 10.6. The SMILES string of the molecule is Cc1c(-c2ccc(F)cc2)c(C#N)n2ccccc12. The van der Waals surface area contributed by atoms with Crippen LogP contribution in [0.15, 0.2) is 48.7 Å². The highest BCUT2D eigenvalue weighted by atomic mass is 19.1. The average molecular weight is 250 g/mol. The molecular weight excluding hydrogens is 239 g/mol. The van der Waals surface area contributed by atoms with Gasteiger partial charge in [-0.05, 0) is 42.3 Å². The van der Waals surface area contributed by atoms with Gasteiger partial charge >= 0.3 is 0 Å². The Hall–Kier alpha value is -2.60. The zero-order valence-electron chi connectivity index (χ0n) is 10.4. The highest BCUT2D eigenvalue weighted by Crippen LogP contribution is 2.32. The van der Waals surface area contributed by atoms with Crippen LogP contribution in [0.3, 0.4) is 0 Å². The zero-order chi connectivity index (χ0) is 13.4. The van der Waals surface area contributed by atoms with Crippen molar-refractivity contribution in [2.75, 3.05) is 0 Å². The van der Waals surface area contributed by atoms with Gasteiger partial charge in [-0.2, -0.15) is 5.26 Å². The predicted octanol–water partition coefficient (Wildman–Crippen LogP) is 3.93. The van der Waals surface area contributed by atoms with E-state index in [2.05, 4.69) is 6.07 Å². The molecule has 3 heteroatoms. The number of hydrogen-bond donors (Lipinski definition) is 0. The van der Waals surface area contributed by atoms with Crippen molar-refractivity contribution in [2.45, 2.75) is 6.92 Å². The number of pyridine rings is 1. The molecule has 0 radical (unpaired) electrons. The van der Waals surface area contributed by atoms with E-state index in [1.54, 1.807) is 12.1 Å². The summed E-state index contributed by atoms with van der Waals surface area (Å²) < 4.78 is 14.9. The molecule has 92 valence electrons. The Morgan fingerprint density at radius 1 is 1.11 bits per heavy atom. The Morgan fingerprint density at radius 2 is 1.84 bits per heavy atom. The second-order valence-electron chi connectivity index (χ2n) is 4.42. The topological polar surface area (TPSA) is 28.2 Å². The maximum Gasteiger partial charge on any atom is 0.133 e. The number of halogens is 1. The fourth-order valence-electron chi connectivity index (χ4n) is 2.45. The number of nitriles is 1. The lowest BCUT2D eigenvalue weighted by Gasteiger charge is -2.01. The predicted molar refractivity (Wildman–Crippen MR) is 72.2 cm³/mol. The minimum absolute atomic E-state index is 0.274. The van der Waals surface area contributed by atoms with Gasteiger partial charge in [-0.3, -0.25) is 0 Å². The number of rotatable bonds is 1. The minimum atomic E-state index is -0.274. The van der Waals surface area contributed by atoms with Gasteiger partial charge < -0.3 is 4.40 Å². The van der Waals surface area contributed by atoms with Crippen molar-refractivity contribution in [1.29, 1.82) is 5.26 Å². The smallest absolute Gasteiger partial charge is 0.133 e. The van der Waals surface area contributed by atoms with Crippen LogP contribution in [0.4, 0.5) is 4.39 Å². The van der Waals surface area contributed by atoms with Gasteiger partial charge in [0, 0.05) is 17.3 Å². The van der Waals surface area contributed by atoms with E-state index in [0.717, 1.165) is 22.2 Å². The Labute approximate surface area is 110 Å². The lowest BCUT2D eigenvalue weighted by molar-refractivity contribution is 0.628. The molecule has 1 aromatic carbocycles. The summed E-state index contributed by atoms with van der Waals surface area (Å²) >= 11 is 0. The summed E-state index contributed by atoms with van der Waals surface area (Å²) in [6.45, 7) is 1.98. The molecule has 0 bridgehead atoms. The molecule has 19 heavy (non-hydrogen) atoms. The Kier molecular flexibility index (Phi) is 2.57. The third-order valence-electron chi connectivity index (χ3n) is 3.34. The molecule has 0 N–H and O–H groups in total. The molecule has 2 aromatic heterocycles. The molecule has 0 aliphatic heterocycles. The number of fused-ring (bicyclic) bond motifs is 1. The van der Waals surface area contributed by atoms with Crippen molar-refractivity contribution in [3.05, 3.63) is 65.7 Å². The second-order valence-corrected chi connectivity index (χ2v) is 4.42. The van der Waals surface area contributed by atoms with Crippen LogP contribution in [0.5, 0.6) is 0 Å². The summed E-state index contributed by atoms with van der Waals surface area (Å²) in [4.78, 5) is 0. The molecule has 0 atom stereocenters. The Morgan fingerprint density at radius 3 is 2.53 bits per heavy atom. The van der Waals surface area contributed by atoms with E-state index in [9.17, 15) is 9.65 Å². The first-order valence-electron chi connectivity index (χ1n) is 5.98. The van der Waals surface area contributed by atoms with Crippen molar-refractivity contribution < 1.29 is 4.39 Å². The molecule has 3 aromatic rings. The van der Waals surface area contributed by atoms with Gasteiger partial charge in [-0.1, -0.05) is 18.2 Å². The van der Waals surface area contributed by atoms with Crippen LogP contribution in [0.2, 0.25) is 0 Å². The van der Waals surface area contributed by atoms with Crippen molar-refractivity contribution in [3.63, 3.8) is 0 Å². The number of nitrogens with zero attached hydrogens (tertiary/aromatic N) is 2. The van der Waals surface area contributed by atoms with Gasteiger partial charge in [0.25, 0.3) is 0 Å². The largest absolute Gasteiger partial charge is 0.307 e. The van der Waals surface area contributed by atoms with Crippen molar-refractivity contribution in [3.8, 4) is 17.2 Å². The molecule has 0 saturated heterocycles. The van der Waals surface area contributed by atoms with Crippen LogP contribution in [0.1, 0.15) is 11.3 Å². The lowest BCUT2D eigenvalue weighted by Crippen LogP contribution is -1.88. The fraction of sp³-hybridized carbons (Fsp3) is 0.0625. The van der Waals surface area contributed by atoms with Crippen molar-refractivity contribution >= 4 is 5.52 Å². The lowest BCUT2D eigenvalue weighted by atomic mass is 10.0. The summed E-state index contributed by atoms with van der Waals surface area (Å²) in [6, 6.07) is 14.3. The standard InChI is InChI=1S/C16H11FN2/c1-11-14-4-2-3-9-19(14)15(10-18)16(11)12-5-7-13(17)8-6-12/h2-9H,1H3. The highest BCUT2D eigenvalue weighted by molar-refractivity contribution is 5.81.